The summed E-state index contributed by atoms with van der Waals surface area (Å²) in [6.07, 6.45) is 1.02. The van der Waals surface area contributed by atoms with Gasteiger partial charge in [-0.1, -0.05) is 28.1 Å². The van der Waals surface area contributed by atoms with Gasteiger partial charge in [-0.2, -0.15) is 4.98 Å². The predicted molar refractivity (Wildman–Crippen MR) is 78.2 cm³/mol. The molecule has 106 valence electrons. The number of sulfone groups is 1. The number of aromatic amines is 1. The Bertz CT molecular complexity index is 814. The zero-order valence-electron chi connectivity index (χ0n) is 10.4. The van der Waals surface area contributed by atoms with Crippen molar-refractivity contribution in [2.24, 2.45) is 0 Å². The first-order valence-electron chi connectivity index (χ1n) is 5.52. The van der Waals surface area contributed by atoms with Gasteiger partial charge in [0, 0.05) is 10.7 Å². The summed E-state index contributed by atoms with van der Waals surface area (Å²) in [5.41, 5.74) is -0.102. The van der Waals surface area contributed by atoms with E-state index in [-0.39, 0.29) is 11.4 Å². The van der Waals surface area contributed by atoms with Crippen molar-refractivity contribution in [3.63, 3.8) is 0 Å². The fourth-order valence-electron chi connectivity index (χ4n) is 1.73. The Morgan fingerprint density at radius 1 is 1.40 bits per heavy atom. The van der Waals surface area contributed by atoms with Gasteiger partial charge in [0.05, 0.1) is 0 Å². The average molecular weight is 359 g/mol. The van der Waals surface area contributed by atoms with E-state index in [4.69, 9.17) is 0 Å². The topological polar surface area (TPSA) is 100 Å². The highest BCUT2D eigenvalue weighted by atomic mass is 79.9. The van der Waals surface area contributed by atoms with E-state index in [0.717, 1.165) is 10.7 Å². The lowest BCUT2D eigenvalue weighted by Crippen LogP contribution is -2.16. The van der Waals surface area contributed by atoms with E-state index >= 15 is 0 Å². The van der Waals surface area contributed by atoms with Gasteiger partial charge in [-0.25, -0.2) is 8.42 Å². The predicted octanol–water partition coefficient (Wildman–Crippen LogP) is 1.45. The van der Waals surface area contributed by atoms with Crippen LogP contribution >= 0.6 is 15.9 Å². The van der Waals surface area contributed by atoms with Crippen molar-refractivity contribution >= 4 is 25.8 Å². The zero-order chi connectivity index (χ0) is 14.9. The number of rotatable bonds is 3. The molecule has 2 aromatic rings. The molecule has 0 bridgehead atoms. The van der Waals surface area contributed by atoms with Crippen molar-refractivity contribution < 1.29 is 13.5 Å². The first-order chi connectivity index (χ1) is 9.26. The smallest absolute Gasteiger partial charge is 0.262 e. The summed E-state index contributed by atoms with van der Waals surface area (Å²) >= 11 is 3.27. The molecule has 0 spiro atoms. The van der Waals surface area contributed by atoms with E-state index < -0.39 is 27.0 Å². The van der Waals surface area contributed by atoms with Crippen molar-refractivity contribution in [1.82, 2.24) is 9.97 Å². The van der Waals surface area contributed by atoms with Crippen molar-refractivity contribution in [3.05, 3.63) is 44.9 Å². The normalized spacial score (nSPS) is 11.5. The quantitative estimate of drug-likeness (QED) is 0.864. The van der Waals surface area contributed by atoms with Crippen LogP contribution in [0, 0.1) is 0 Å². The molecule has 8 heteroatoms. The minimum atomic E-state index is -3.35. The lowest BCUT2D eigenvalue weighted by atomic mass is 10.1. The van der Waals surface area contributed by atoms with Gasteiger partial charge in [-0.15, -0.1) is 0 Å². The van der Waals surface area contributed by atoms with Crippen LogP contribution in [0.2, 0.25) is 0 Å². The van der Waals surface area contributed by atoms with Gasteiger partial charge in [0.25, 0.3) is 5.56 Å². The number of aromatic nitrogens is 2. The maximum absolute atomic E-state index is 12.0. The molecular formula is C12H11BrN2O4S. The van der Waals surface area contributed by atoms with Gasteiger partial charge in [-0.05, 0) is 17.7 Å². The standard InChI is InChI=1S/C12H11BrN2O4S/c1-20(18,19)6-9-14-11(16)10(12(17)15-9)7-3-2-4-8(13)5-7/h2-5H,6H2,1H3,(H2,14,15,16,17). The van der Waals surface area contributed by atoms with Gasteiger partial charge in [0.15, 0.2) is 9.84 Å². The largest absolute Gasteiger partial charge is 0.493 e. The summed E-state index contributed by atoms with van der Waals surface area (Å²) < 4.78 is 23.1. The molecule has 0 aliphatic rings. The maximum Gasteiger partial charge on any atom is 0.262 e. The number of nitrogens with one attached hydrogen (secondary N) is 1. The number of hydrogen-bond acceptors (Lipinski definition) is 5. The van der Waals surface area contributed by atoms with Crippen molar-refractivity contribution in [1.29, 1.82) is 0 Å². The van der Waals surface area contributed by atoms with Crippen LogP contribution in [0.1, 0.15) is 5.82 Å². The van der Waals surface area contributed by atoms with E-state index in [1.165, 1.54) is 0 Å². The molecule has 0 aliphatic carbocycles. The molecule has 0 saturated heterocycles. The highest BCUT2D eigenvalue weighted by Gasteiger charge is 2.15. The van der Waals surface area contributed by atoms with Crippen LogP contribution in [-0.2, 0) is 15.6 Å². The lowest BCUT2D eigenvalue weighted by molar-refractivity contribution is 0.451. The van der Waals surface area contributed by atoms with E-state index in [0.29, 0.717) is 5.56 Å². The molecule has 1 heterocycles. The second-order valence-electron chi connectivity index (χ2n) is 4.29. The molecule has 2 rings (SSSR count). The molecule has 0 atom stereocenters. The highest BCUT2D eigenvalue weighted by molar-refractivity contribution is 9.10. The summed E-state index contributed by atoms with van der Waals surface area (Å²) in [4.78, 5) is 18.1. The van der Waals surface area contributed by atoms with Gasteiger partial charge in [-0.3, -0.25) is 4.79 Å². The van der Waals surface area contributed by atoms with Gasteiger partial charge in [0.2, 0.25) is 5.88 Å². The highest BCUT2D eigenvalue weighted by Crippen LogP contribution is 2.25. The number of hydrogen-bond donors (Lipinski definition) is 2. The van der Waals surface area contributed by atoms with E-state index in [1.807, 2.05) is 0 Å². The van der Waals surface area contributed by atoms with E-state index in [9.17, 15) is 18.3 Å². The summed E-state index contributed by atoms with van der Waals surface area (Å²) in [5, 5.41) is 9.87. The molecule has 20 heavy (non-hydrogen) atoms. The third kappa shape index (κ3) is 3.45. The molecule has 2 N–H and O–H groups in total. The second-order valence-corrected chi connectivity index (χ2v) is 7.35. The van der Waals surface area contributed by atoms with Crippen LogP contribution in [0.15, 0.2) is 33.5 Å². The van der Waals surface area contributed by atoms with Gasteiger partial charge >= 0.3 is 0 Å². The third-order valence-electron chi connectivity index (χ3n) is 2.46. The molecule has 0 fully saturated rings. The van der Waals surface area contributed by atoms with E-state index in [1.54, 1.807) is 24.3 Å². The van der Waals surface area contributed by atoms with Crippen LogP contribution in [0.25, 0.3) is 11.1 Å². The molecule has 0 saturated carbocycles. The number of nitrogens with zero attached hydrogens (tertiary/aromatic N) is 1. The van der Waals surface area contributed by atoms with Crippen LogP contribution in [0.3, 0.4) is 0 Å². The Morgan fingerprint density at radius 3 is 2.65 bits per heavy atom. The second kappa shape index (κ2) is 5.37. The van der Waals surface area contributed by atoms with Crippen LogP contribution < -0.4 is 5.56 Å². The number of aromatic hydroxyl groups is 1. The molecule has 0 radical (unpaired) electrons. The summed E-state index contributed by atoms with van der Waals surface area (Å²) in [6, 6.07) is 6.79. The Kier molecular flexibility index (Phi) is 3.96. The minimum Gasteiger partial charge on any atom is -0.493 e. The molecule has 0 unspecified atom stereocenters. The van der Waals surface area contributed by atoms with Crippen LogP contribution in [0.5, 0.6) is 5.88 Å². The maximum atomic E-state index is 12.0. The molecule has 1 aromatic heterocycles. The first-order valence-corrected chi connectivity index (χ1v) is 8.37. The molecular weight excluding hydrogens is 348 g/mol. The summed E-state index contributed by atoms with van der Waals surface area (Å²) in [6.45, 7) is 0. The summed E-state index contributed by atoms with van der Waals surface area (Å²) in [5.74, 6) is -1.02. The Hall–Kier alpha value is -1.67. The average Bonchev–Trinajstić information content (AvgIpc) is 2.25. The van der Waals surface area contributed by atoms with Crippen LogP contribution in [-0.4, -0.2) is 29.7 Å². The van der Waals surface area contributed by atoms with Gasteiger partial charge < -0.3 is 10.1 Å². The molecule has 0 amide bonds. The Balaban J connectivity index is 2.55. The van der Waals surface area contributed by atoms with Crippen molar-refractivity contribution in [2.75, 3.05) is 6.26 Å². The van der Waals surface area contributed by atoms with Crippen molar-refractivity contribution in [2.45, 2.75) is 5.75 Å². The van der Waals surface area contributed by atoms with Crippen molar-refractivity contribution in [3.8, 4) is 17.0 Å². The molecule has 6 nitrogen and oxygen atoms in total. The first kappa shape index (κ1) is 14.7. The Labute approximate surface area is 123 Å². The zero-order valence-corrected chi connectivity index (χ0v) is 12.8. The number of H-pyrrole nitrogens is 1. The minimum absolute atomic E-state index is 0.00329. The molecule has 1 aromatic carbocycles. The summed E-state index contributed by atoms with van der Waals surface area (Å²) in [7, 11) is -3.35. The monoisotopic (exact) mass is 358 g/mol. The number of benzene rings is 1. The number of halogens is 1. The van der Waals surface area contributed by atoms with Gasteiger partial charge in [0.1, 0.15) is 17.1 Å². The lowest BCUT2D eigenvalue weighted by Gasteiger charge is -2.06. The fraction of sp³-hybridized carbons (Fsp3) is 0.167. The molecule has 0 aliphatic heterocycles. The fourth-order valence-corrected chi connectivity index (χ4v) is 2.76. The third-order valence-corrected chi connectivity index (χ3v) is 3.75. The SMILES string of the molecule is CS(=O)(=O)Cc1nc(O)c(-c2cccc(Br)c2)c(=O)[nH]1. The van der Waals surface area contributed by atoms with Crippen LogP contribution in [0.4, 0.5) is 0 Å². The van der Waals surface area contributed by atoms with E-state index in [2.05, 4.69) is 25.9 Å². The Morgan fingerprint density at radius 2 is 2.10 bits per heavy atom.